The second kappa shape index (κ2) is 6.78. The van der Waals surface area contributed by atoms with Gasteiger partial charge >= 0.3 is 0 Å². The van der Waals surface area contributed by atoms with Gasteiger partial charge in [-0.05, 0) is 27.3 Å². The molecule has 0 radical (unpaired) electrons. The molecule has 5 nitrogen and oxygen atoms in total. The van der Waals surface area contributed by atoms with Crippen LogP contribution in [0.25, 0.3) is 0 Å². The number of nitrogens with zero attached hydrogens (tertiary/aromatic N) is 3. The summed E-state index contributed by atoms with van der Waals surface area (Å²) in [5, 5.41) is 22.3. The van der Waals surface area contributed by atoms with Crippen LogP contribution in [0.3, 0.4) is 0 Å². The highest BCUT2D eigenvalue weighted by atomic mass is 32.1. The van der Waals surface area contributed by atoms with Gasteiger partial charge in [-0.3, -0.25) is 4.90 Å². The lowest BCUT2D eigenvalue weighted by Gasteiger charge is -2.15. The molecule has 16 heavy (non-hydrogen) atoms. The molecule has 1 heterocycles. The van der Waals surface area contributed by atoms with Crippen LogP contribution in [0.2, 0.25) is 0 Å². The lowest BCUT2D eigenvalue weighted by atomic mass is 10.3. The van der Waals surface area contributed by atoms with Crippen LogP contribution < -0.4 is 5.32 Å². The fourth-order valence-electron chi connectivity index (χ4n) is 1.26. The average Bonchev–Trinajstić information content (AvgIpc) is 2.63. The van der Waals surface area contributed by atoms with Crippen molar-refractivity contribution in [2.45, 2.75) is 32.9 Å². The van der Waals surface area contributed by atoms with E-state index in [0.717, 1.165) is 36.2 Å². The van der Waals surface area contributed by atoms with E-state index in [1.807, 2.05) is 20.9 Å². The molecule has 2 N–H and O–H groups in total. The Morgan fingerprint density at radius 3 is 2.88 bits per heavy atom. The number of hydrogen-bond acceptors (Lipinski definition) is 6. The summed E-state index contributed by atoms with van der Waals surface area (Å²) in [4.78, 5) is 2.14. The van der Waals surface area contributed by atoms with Crippen LogP contribution >= 0.6 is 11.3 Å². The molecule has 0 saturated carbocycles. The summed E-state index contributed by atoms with van der Waals surface area (Å²) in [7, 11) is 2.02. The number of hydrogen-bond donors (Lipinski definition) is 2. The van der Waals surface area contributed by atoms with Crippen molar-refractivity contribution in [2.75, 3.05) is 25.5 Å². The van der Waals surface area contributed by atoms with Crippen LogP contribution in [0.5, 0.6) is 0 Å². The predicted octanol–water partition coefficient (Wildman–Crippen LogP) is 1.17. The first-order valence-electron chi connectivity index (χ1n) is 5.54. The summed E-state index contributed by atoms with van der Waals surface area (Å²) in [5.74, 6) is 0. The van der Waals surface area contributed by atoms with Gasteiger partial charge in [-0.1, -0.05) is 11.3 Å². The van der Waals surface area contributed by atoms with Crippen LogP contribution in [0.4, 0.5) is 5.13 Å². The van der Waals surface area contributed by atoms with E-state index in [0.29, 0.717) is 0 Å². The van der Waals surface area contributed by atoms with Gasteiger partial charge in [0.15, 0.2) is 0 Å². The number of rotatable bonds is 7. The van der Waals surface area contributed by atoms with Gasteiger partial charge in [-0.15, -0.1) is 10.2 Å². The molecule has 0 fully saturated rings. The number of aliphatic hydroxyl groups is 1. The first-order valence-corrected chi connectivity index (χ1v) is 6.36. The van der Waals surface area contributed by atoms with Crippen LogP contribution in [0, 0.1) is 0 Å². The first-order chi connectivity index (χ1) is 7.61. The van der Waals surface area contributed by atoms with Crippen molar-refractivity contribution in [3.63, 3.8) is 0 Å². The molecule has 0 aliphatic rings. The Morgan fingerprint density at radius 2 is 2.25 bits per heavy atom. The van der Waals surface area contributed by atoms with Gasteiger partial charge in [0.05, 0.1) is 12.6 Å². The van der Waals surface area contributed by atoms with Gasteiger partial charge in [-0.25, -0.2) is 0 Å². The summed E-state index contributed by atoms with van der Waals surface area (Å²) in [6, 6.07) is 0. The Labute approximate surface area is 101 Å². The van der Waals surface area contributed by atoms with Gasteiger partial charge in [0.2, 0.25) is 5.13 Å². The highest BCUT2D eigenvalue weighted by Crippen LogP contribution is 2.16. The molecule has 0 aromatic carbocycles. The third kappa shape index (κ3) is 4.87. The minimum absolute atomic E-state index is 0.241. The summed E-state index contributed by atoms with van der Waals surface area (Å²) < 4.78 is 0. The fraction of sp³-hybridized carbons (Fsp3) is 0.800. The Bertz CT molecular complexity index is 303. The van der Waals surface area contributed by atoms with E-state index in [9.17, 15) is 5.11 Å². The first kappa shape index (κ1) is 13.3. The van der Waals surface area contributed by atoms with E-state index >= 15 is 0 Å². The van der Waals surface area contributed by atoms with Crippen LogP contribution in [0.15, 0.2) is 0 Å². The van der Waals surface area contributed by atoms with Crippen molar-refractivity contribution < 1.29 is 5.11 Å². The number of nitrogens with one attached hydrogen (secondary N) is 1. The third-order valence-corrected chi connectivity index (χ3v) is 2.99. The van der Waals surface area contributed by atoms with Gasteiger partial charge in [0.1, 0.15) is 5.01 Å². The zero-order valence-electron chi connectivity index (χ0n) is 10.1. The number of aliphatic hydroxyl groups excluding tert-OH is 1. The third-order valence-electron chi connectivity index (χ3n) is 2.13. The highest BCUT2D eigenvalue weighted by Gasteiger charge is 2.07. The lowest BCUT2D eigenvalue weighted by Crippen LogP contribution is -2.21. The lowest BCUT2D eigenvalue weighted by molar-refractivity contribution is 0.163. The van der Waals surface area contributed by atoms with Crippen molar-refractivity contribution in [2.24, 2.45) is 0 Å². The smallest absolute Gasteiger partial charge is 0.205 e. The quantitative estimate of drug-likeness (QED) is 0.754. The van der Waals surface area contributed by atoms with Crippen LogP contribution in [-0.4, -0.2) is 46.4 Å². The number of anilines is 1. The minimum Gasteiger partial charge on any atom is -0.393 e. The normalized spacial score (nSPS) is 13.1. The molecule has 0 saturated heterocycles. The summed E-state index contributed by atoms with van der Waals surface area (Å²) in [6.07, 6.45) is 0.546. The Balaban J connectivity index is 2.34. The summed E-state index contributed by atoms with van der Waals surface area (Å²) in [6.45, 7) is 6.37. The maximum Gasteiger partial charge on any atom is 0.205 e. The largest absolute Gasteiger partial charge is 0.393 e. The Morgan fingerprint density at radius 1 is 1.50 bits per heavy atom. The summed E-state index contributed by atoms with van der Waals surface area (Å²) >= 11 is 1.58. The molecule has 0 aliphatic heterocycles. The van der Waals surface area contributed by atoms with Crippen molar-refractivity contribution in [1.29, 1.82) is 0 Å². The van der Waals surface area contributed by atoms with Gasteiger partial charge in [0, 0.05) is 13.1 Å². The van der Waals surface area contributed by atoms with Crippen LogP contribution in [-0.2, 0) is 6.54 Å². The van der Waals surface area contributed by atoms with E-state index in [2.05, 4.69) is 20.4 Å². The van der Waals surface area contributed by atoms with Crippen molar-refractivity contribution in [3.8, 4) is 0 Å². The van der Waals surface area contributed by atoms with E-state index in [-0.39, 0.29) is 6.10 Å². The van der Waals surface area contributed by atoms with Crippen molar-refractivity contribution in [3.05, 3.63) is 5.01 Å². The van der Waals surface area contributed by atoms with E-state index in [1.165, 1.54) is 0 Å². The molecule has 1 atom stereocenters. The van der Waals surface area contributed by atoms with Gasteiger partial charge < -0.3 is 10.4 Å². The van der Waals surface area contributed by atoms with E-state index in [1.54, 1.807) is 11.3 Å². The second-order valence-corrected chi connectivity index (χ2v) is 4.97. The molecule has 1 rings (SSSR count). The molecule has 92 valence electrons. The number of aromatic nitrogens is 2. The average molecular weight is 244 g/mol. The molecule has 6 heteroatoms. The van der Waals surface area contributed by atoms with Crippen molar-refractivity contribution >= 4 is 16.5 Å². The highest BCUT2D eigenvalue weighted by molar-refractivity contribution is 7.15. The Kier molecular flexibility index (Phi) is 5.65. The topological polar surface area (TPSA) is 61.3 Å². The molecule has 0 spiro atoms. The molecule has 0 amide bonds. The Hall–Kier alpha value is -0.720. The SMILES string of the molecule is CCNc1nnc(CN(C)CCC(C)O)s1. The van der Waals surface area contributed by atoms with Crippen LogP contribution in [0.1, 0.15) is 25.3 Å². The molecule has 0 aliphatic carbocycles. The van der Waals surface area contributed by atoms with Crippen molar-refractivity contribution in [1.82, 2.24) is 15.1 Å². The molecular formula is C10H20N4OS. The van der Waals surface area contributed by atoms with Gasteiger partial charge in [0.25, 0.3) is 0 Å². The monoisotopic (exact) mass is 244 g/mol. The molecule has 1 aromatic rings. The van der Waals surface area contributed by atoms with E-state index < -0.39 is 0 Å². The van der Waals surface area contributed by atoms with E-state index in [4.69, 9.17) is 0 Å². The summed E-state index contributed by atoms with van der Waals surface area (Å²) in [5.41, 5.74) is 0. The zero-order valence-corrected chi connectivity index (χ0v) is 10.9. The molecular weight excluding hydrogens is 224 g/mol. The molecule has 1 unspecified atom stereocenters. The maximum atomic E-state index is 9.18. The fourth-order valence-corrected chi connectivity index (χ4v) is 2.15. The standard InChI is InChI=1S/C10H20N4OS/c1-4-11-10-13-12-9(16-10)7-14(3)6-5-8(2)15/h8,15H,4-7H2,1-3H3,(H,11,13). The molecule has 0 bridgehead atoms. The second-order valence-electron chi connectivity index (χ2n) is 3.91. The predicted molar refractivity (Wildman–Crippen MR) is 66.7 cm³/mol. The van der Waals surface area contributed by atoms with Gasteiger partial charge in [-0.2, -0.15) is 0 Å². The molecule has 1 aromatic heterocycles. The maximum absolute atomic E-state index is 9.18. The minimum atomic E-state index is -0.241. The zero-order chi connectivity index (χ0) is 12.0.